The SMILES string of the molecule is O=C(COc1cc(Cl)cc(Cl)c1Cl)N/N=C\c1cccn1-c1ccc(Cl)cc1. The van der Waals surface area contributed by atoms with Gasteiger partial charge in [-0.1, -0.05) is 46.4 Å². The molecule has 0 fully saturated rings. The van der Waals surface area contributed by atoms with Crippen molar-refractivity contribution < 1.29 is 9.53 Å². The minimum absolute atomic E-state index is 0.183. The fourth-order valence-corrected chi connectivity index (χ4v) is 3.08. The monoisotopic (exact) mass is 455 g/mol. The van der Waals surface area contributed by atoms with Crippen LogP contribution in [0.1, 0.15) is 5.69 Å². The normalized spacial score (nSPS) is 11.0. The number of carbonyl (C=O) groups is 1. The molecule has 0 radical (unpaired) electrons. The number of benzene rings is 2. The number of aromatic nitrogens is 1. The maximum Gasteiger partial charge on any atom is 0.277 e. The first-order chi connectivity index (χ1) is 13.4. The lowest BCUT2D eigenvalue weighted by Crippen LogP contribution is -2.24. The fraction of sp³-hybridized carbons (Fsp3) is 0.0526. The first-order valence-electron chi connectivity index (χ1n) is 7.96. The summed E-state index contributed by atoms with van der Waals surface area (Å²) in [6.07, 6.45) is 3.40. The van der Waals surface area contributed by atoms with E-state index in [0.717, 1.165) is 11.4 Å². The summed E-state index contributed by atoms with van der Waals surface area (Å²) < 4.78 is 7.25. The molecule has 1 heterocycles. The molecule has 5 nitrogen and oxygen atoms in total. The van der Waals surface area contributed by atoms with E-state index >= 15 is 0 Å². The van der Waals surface area contributed by atoms with Gasteiger partial charge < -0.3 is 9.30 Å². The standard InChI is InChI=1S/C19H13Cl4N3O2/c20-12-3-5-14(6-4-12)26-7-1-2-15(26)10-24-25-18(27)11-28-17-9-13(21)8-16(22)19(17)23/h1-10H,11H2,(H,25,27)/b24-10-. The molecule has 0 bridgehead atoms. The van der Waals surface area contributed by atoms with Crippen molar-refractivity contribution >= 4 is 58.5 Å². The number of halogens is 4. The van der Waals surface area contributed by atoms with Gasteiger partial charge in [0.25, 0.3) is 5.91 Å². The maximum absolute atomic E-state index is 11.9. The third-order valence-corrected chi connectivity index (χ3v) is 4.84. The molecule has 0 spiro atoms. The van der Waals surface area contributed by atoms with E-state index in [2.05, 4.69) is 10.5 Å². The molecule has 2 aromatic carbocycles. The number of rotatable bonds is 6. The zero-order valence-electron chi connectivity index (χ0n) is 14.2. The summed E-state index contributed by atoms with van der Waals surface area (Å²) in [6, 6.07) is 14.0. The van der Waals surface area contributed by atoms with E-state index in [1.165, 1.54) is 18.3 Å². The number of ether oxygens (including phenoxy) is 1. The van der Waals surface area contributed by atoms with Crippen LogP contribution >= 0.6 is 46.4 Å². The predicted molar refractivity (Wildman–Crippen MR) is 113 cm³/mol. The molecule has 28 heavy (non-hydrogen) atoms. The van der Waals surface area contributed by atoms with Gasteiger partial charge in [0.15, 0.2) is 6.61 Å². The Bertz CT molecular complexity index is 1020. The van der Waals surface area contributed by atoms with Crippen molar-refractivity contribution in [2.75, 3.05) is 6.61 Å². The first-order valence-corrected chi connectivity index (χ1v) is 9.48. The van der Waals surface area contributed by atoms with Crippen molar-refractivity contribution in [3.05, 3.63) is 80.5 Å². The second-order valence-corrected chi connectivity index (χ2v) is 7.22. The third-order valence-electron chi connectivity index (χ3n) is 3.59. The summed E-state index contributed by atoms with van der Waals surface area (Å²) in [5.74, 6) is -0.247. The Balaban J connectivity index is 1.59. The van der Waals surface area contributed by atoms with Crippen LogP contribution in [0.5, 0.6) is 5.75 Å². The van der Waals surface area contributed by atoms with Gasteiger partial charge >= 0.3 is 0 Å². The topological polar surface area (TPSA) is 55.6 Å². The van der Waals surface area contributed by atoms with Gasteiger partial charge in [0.05, 0.1) is 16.9 Å². The number of nitrogens with zero attached hydrogens (tertiary/aromatic N) is 2. The zero-order chi connectivity index (χ0) is 20.1. The molecular formula is C19H13Cl4N3O2. The van der Waals surface area contributed by atoms with Crippen LogP contribution in [0.3, 0.4) is 0 Å². The van der Waals surface area contributed by atoms with Gasteiger partial charge in [0, 0.05) is 28.0 Å². The minimum atomic E-state index is -0.465. The Kier molecular flexibility index (Phi) is 6.86. The summed E-state index contributed by atoms with van der Waals surface area (Å²) in [5, 5.41) is 5.38. The molecule has 3 aromatic rings. The highest BCUT2D eigenvalue weighted by molar-refractivity contribution is 6.44. The van der Waals surface area contributed by atoms with E-state index in [-0.39, 0.29) is 22.4 Å². The van der Waals surface area contributed by atoms with Gasteiger partial charge in [-0.25, -0.2) is 5.43 Å². The molecule has 0 aliphatic heterocycles. The molecule has 0 aliphatic rings. The number of hydrogen-bond donors (Lipinski definition) is 1. The molecule has 0 atom stereocenters. The number of hydrazone groups is 1. The number of nitrogens with one attached hydrogen (secondary N) is 1. The molecule has 0 saturated heterocycles. The maximum atomic E-state index is 11.9. The van der Waals surface area contributed by atoms with Crippen molar-refractivity contribution in [2.45, 2.75) is 0 Å². The molecule has 0 saturated carbocycles. The van der Waals surface area contributed by atoms with Gasteiger partial charge in [-0.3, -0.25) is 4.79 Å². The smallest absolute Gasteiger partial charge is 0.277 e. The third kappa shape index (κ3) is 5.20. The van der Waals surface area contributed by atoms with Gasteiger partial charge in [0.1, 0.15) is 10.8 Å². The Labute approximate surface area is 181 Å². The van der Waals surface area contributed by atoms with Crippen LogP contribution in [-0.2, 0) is 4.79 Å². The summed E-state index contributed by atoms with van der Waals surface area (Å²) in [7, 11) is 0. The van der Waals surface area contributed by atoms with Gasteiger partial charge in [0.2, 0.25) is 0 Å². The largest absolute Gasteiger partial charge is 0.482 e. The summed E-state index contributed by atoms with van der Waals surface area (Å²) >= 11 is 23.7. The Morgan fingerprint density at radius 2 is 1.82 bits per heavy atom. The van der Waals surface area contributed by atoms with Gasteiger partial charge in [-0.2, -0.15) is 5.10 Å². The van der Waals surface area contributed by atoms with Crippen LogP contribution in [-0.4, -0.2) is 23.3 Å². The average molecular weight is 457 g/mol. The van der Waals surface area contributed by atoms with Crippen LogP contribution in [0.4, 0.5) is 0 Å². The molecule has 1 N–H and O–H groups in total. The predicted octanol–water partition coefficient (Wildman–Crippen LogP) is 5.62. The van der Waals surface area contributed by atoms with Crippen LogP contribution in [0.25, 0.3) is 5.69 Å². The number of carbonyl (C=O) groups excluding carboxylic acids is 1. The molecule has 3 rings (SSSR count). The molecule has 9 heteroatoms. The molecule has 0 unspecified atom stereocenters. The number of amides is 1. The molecule has 0 aliphatic carbocycles. The quantitative estimate of drug-likeness (QED) is 0.297. The van der Waals surface area contributed by atoms with E-state index in [0.29, 0.717) is 10.0 Å². The molecule has 1 amide bonds. The van der Waals surface area contributed by atoms with Crippen LogP contribution in [0.15, 0.2) is 59.8 Å². The summed E-state index contributed by atoms with van der Waals surface area (Å²) in [6.45, 7) is -0.300. The van der Waals surface area contributed by atoms with E-state index in [1.54, 1.807) is 12.1 Å². The van der Waals surface area contributed by atoms with Gasteiger partial charge in [-0.15, -0.1) is 0 Å². The lowest BCUT2D eigenvalue weighted by atomic mass is 10.3. The van der Waals surface area contributed by atoms with E-state index in [4.69, 9.17) is 51.1 Å². The lowest BCUT2D eigenvalue weighted by molar-refractivity contribution is -0.123. The van der Waals surface area contributed by atoms with E-state index < -0.39 is 5.91 Å². The van der Waals surface area contributed by atoms with Crippen molar-refractivity contribution in [3.8, 4) is 11.4 Å². The summed E-state index contributed by atoms with van der Waals surface area (Å²) in [5.41, 5.74) is 4.08. The fourth-order valence-electron chi connectivity index (χ4n) is 2.32. The molecule has 144 valence electrons. The van der Waals surface area contributed by atoms with Crippen molar-refractivity contribution in [2.24, 2.45) is 5.10 Å². The Morgan fingerprint density at radius 1 is 1.07 bits per heavy atom. The van der Waals surface area contributed by atoms with E-state index in [9.17, 15) is 4.79 Å². The Morgan fingerprint density at radius 3 is 2.57 bits per heavy atom. The van der Waals surface area contributed by atoms with Crippen LogP contribution < -0.4 is 10.2 Å². The molecule has 1 aromatic heterocycles. The minimum Gasteiger partial charge on any atom is -0.482 e. The number of hydrogen-bond acceptors (Lipinski definition) is 3. The second-order valence-electron chi connectivity index (χ2n) is 5.56. The highest BCUT2D eigenvalue weighted by atomic mass is 35.5. The average Bonchev–Trinajstić information content (AvgIpc) is 3.12. The first kappa shape index (κ1) is 20.6. The van der Waals surface area contributed by atoms with E-state index in [1.807, 2.05) is 35.0 Å². The van der Waals surface area contributed by atoms with Gasteiger partial charge in [-0.05, 0) is 42.5 Å². The highest BCUT2D eigenvalue weighted by Crippen LogP contribution is 2.35. The van der Waals surface area contributed by atoms with Crippen molar-refractivity contribution in [3.63, 3.8) is 0 Å². The summed E-state index contributed by atoms with van der Waals surface area (Å²) in [4.78, 5) is 11.9. The molecular weight excluding hydrogens is 444 g/mol. The lowest BCUT2D eigenvalue weighted by Gasteiger charge is -2.09. The highest BCUT2D eigenvalue weighted by Gasteiger charge is 2.10. The van der Waals surface area contributed by atoms with Crippen molar-refractivity contribution in [1.29, 1.82) is 0 Å². The van der Waals surface area contributed by atoms with Crippen LogP contribution in [0, 0.1) is 0 Å². The second kappa shape index (κ2) is 9.34. The zero-order valence-corrected chi connectivity index (χ0v) is 17.2. The Hall–Kier alpha value is -2.18. The van der Waals surface area contributed by atoms with Crippen molar-refractivity contribution in [1.82, 2.24) is 9.99 Å². The van der Waals surface area contributed by atoms with Crippen LogP contribution in [0.2, 0.25) is 20.1 Å².